The Morgan fingerprint density at radius 3 is 2.67 bits per heavy atom. The molecule has 0 amide bonds. The molecule has 0 spiro atoms. The Kier molecular flexibility index (Phi) is 4.40. The molecule has 0 radical (unpaired) electrons. The lowest BCUT2D eigenvalue weighted by atomic mass is 9.60. The summed E-state index contributed by atoms with van der Waals surface area (Å²) in [7, 11) is 0. The van der Waals surface area contributed by atoms with Crippen LogP contribution in [-0.4, -0.2) is 16.5 Å². The molecule has 0 aliphatic heterocycles. The van der Waals surface area contributed by atoms with Crippen LogP contribution in [0, 0.1) is 23.2 Å². The van der Waals surface area contributed by atoms with Crippen LogP contribution in [0.4, 0.5) is 0 Å². The van der Waals surface area contributed by atoms with Crippen LogP contribution in [0.25, 0.3) is 0 Å². The Hall–Kier alpha value is -1.07. The number of rotatable bonds is 1. The highest BCUT2D eigenvalue weighted by atomic mass is 16.3. The second-order valence-electron chi connectivity index (χ2n) is 6.02. The van der Waals surface area contributed by atoms with Gasteiger partial charge >= 0.3 is 0 Å². The maximum absolute atomic E-state index is 11.6. The van der Waals surface area contributed by atoms with E-state index in [9.17, 15) is 9.90 Å². The van der Waals surface area contributed by atoms with Gasteiger partial charge in [0.2, 0.25) is 0 Å². The number of aliphatic hydroxyl groups is 1. The van der Waals surface area contributed by atoms with Gasteiger partial charge in [-0.15, -0.1) is 0 Å². The van der Waals surface area contributed by atoms with E-state index in [1.807, 2.05) is 33.8 Å². The summed E-state index contributed by atoms with van der Waals surface area (Å²) in [6.07, 6.45) is 3.81. The molecule has 1 aliphatic rings. The van der Waals surface area contributed by atoms with Gasteiger partial charge in [0.25, 0.3) is 0 Å². The van der Waals surface area contributed by atoms with Crippen molar-refractivity contribution in [3.63, 3.8) is 0 Å². The Bertz CT molecular complexity index is 420. The summed E-state index contributed by atoms with van der Waals surface area (Å²) in [5, 5.41) is 10.8. The largest absolute Gasteiger partial charge is 0.377 e. The van der Waals surface area contributed by atoms with E-state index in [1.54, 1.807) is 0 Å². The van der Waals surface area contributed by atoms with E-state index in [-0.39, 0.29) is 11.7 Å². The number of hydrogen-bond donors (Lipinski definition) is 1. The third-order valence-corrected chi connectivity index (χ3v) is 3.88. The van der Waals surface area contributed by atoms with E-state index in [2.05, 4.69) is 18.8 Å². The number of carbonyl (C=O) groups is 1. The summed E-state index contributed by atoms with van der Waals surface area (Å²) in [5.74, 6) is 6.18. The lowest BCUT2D eigenvalue weighted by Gasteiger charge is -2.46. The zero-order valence-electron chi connectivity index (χ0n) is 12.1. The Morgan fingerprint density at radius 1 is 1.56 bits per heavy atom. The van der Waals surface area contributed by atoms with Crippen molar-refractivity contribution in [1.82, 2.24) is 0 Å². The minimum absolute atomic E-state index is 0.115. The van der Waals surface area contributed by atoms with E-state index < -0.39 is 11.0 Å². The van der Waals surface area contributed by atoms with Gasteiger partial charge in [0, 0.05) is 24.2 Å². The molecule has 0 bridgehead atoms. The van der Waals surface area contributed by atoms with Crippen molar-refractivity contribution in [1.29, 1.82) is 0 Å². The highest BCUT2D eigenvalue weighted by Crippen LogP contribution is 2.45. The predicted molar refractivity (Wildman–Crippen MR) is 74.0 cm³/mol. The van der Waals surface area contributed by atoms with Crippen LogP contribution in [0.1, 0.15) is 53.9 Å². The van der Waals surface area contributed by atoms with Crippen molar-refractivity contribution in [3.8, 4) is 11.8 Å². The number of hydrogen-bond acceptors (Lipinski definition) is 2. The average Bonchev–Trinajstić information content (AvgIpc) is 2.23. The lowest BCUT2D eigenvalue weighted by Crippen LogP contribution is -2.53. The van der Waals surface area contributed by atoms with Crippen LogP contribution < -0.4 is 0 Å². The first-order valence-corrected chi connectivity index (χ1v) is 6.67. The molecule has 1 saturated carbocycles. The van der Waals surface area contributed by atoms with E-state index in [0.29, 0.717) is 12.8 Å². The fourth-order valence-corrected chi connectivity index (χ4v) is 2.70. The van der Waals surface area contributed by atoms with Gasteiger partial charge in [0.15, 0.2) is 0 Å². The first-order chi connectivity index (χ1) is 8.23. The Balaban J connectivity index is 3.09. The highest BCUT2D eigenvalue weighted by molar-refractivity contribution is 5.81. The molecule has 2 heteroatoms. The standard InChI is InChI=1S/C16H24O2/c1-6-7-12(2)8-9-16(18)13(3)10-14(17)11-15(16,4)5/h7,13,18H,6,10-11H2,1-5H3. The van der Waals surface area contributed by atoms with Gasteiger partial charge in [-0.2, -0.15) is 0 Å². The van der Waals surface area contributed by atoms with Crippen molar-refractivity contribution in [2.45, 2.75) is 59.5 Å². The average molecular weight is 248 g/mol. The zero-order valence-corrected chi connectivity index (χ0v) is 12.1. The number of ketones is 1. The summed E-state index contributed by atoms with van der Waals surface area (Å²) in [5.41, 5.74) is -0.587. The third kappa shape index (κ3) is 2.84. The Morgan fingerprint density at radius 2 is 2.17 bits per heavy atom. The number of carbonyl (C=O) groups excluding carboxylic acids is 1. The number of Topliss-reactive ketones (excluding diaryl/α,β-unsaturated/α-hetero) is 1. The molecule has 2 unspecified atom stereocenters. The topological polar surface area (TPSA) is 37.3 Å². The van der Waals surface area contributed by atoms with Gasteiger partial charge in [0.1, 0.15) is 11.4 Å². The number of allylic oxidation sites excluding steroid dienone is 2. The molecule has 18 heavy (non-hydrogen) atoms. The zero-order chi connectivity index (χ0) is 14.0. The lowest BCUT2D eigenvalue weighted by molar-refractivity contribution is -0.140. The van der Waals surface area contributed by atoms with Crippen LogP contribution in [0.3, 0.4) is 0 Å². The second kappa shape index (κ2) is 5.28. The first kappa shape index (κ1) is 15.0. The SMILES string of the molecule is CCC=C(C)C#CC1(O)C(C)CC(=O)CC1(C)C. The molecule has 2 atom stereocenters. The predicted octanol–water partition coefficient (Wildman–Crippen LogP) is 3.10. The summed E-state index contributed by atoms with van der Waals surface area (Å²) in [4.78, 5) is 11.6. The van der Waals surface area contributed by atoms with Crippen LogP contribution >= 0.6 is 0 Å². The molecule has 0 aromatic rings. The van der Waals surface area contributed by atoms with Gasteiger partial charge in [-0.3, -0.25) is 4.79 Å². The maximum Gasteiger partial charge on any atom is 0.134 e. The summed E-state index contributed by atoms with van der Waals surface area (Å²) in [6, 6.07) is 0. The van der Waals surface area contributed by atoms with Crippen molar-refractivity contribution >= 4 is 5.78 Å². The molecule has 0 aromatic carbocycles. The fourth-order valence-electron chi connectivity index (χ4n) is 2.70. The van der Waals surface area contributed by atoms with Crippen LogP contribution in [0.2, 0.25) is 0 Å². The van der Waals surface area contributed by atoms with Crippen molar-refractivity contribution < 1.29 is 9.90 Å². The van der Waals surface area contributed by atoms with E-state index in [1.165, 1.54) is 0 Å². The molecule has 100 valence electrons. The molecule has 0 aromatic heterocycles. The minimum Gasteiger partial charge on any atom is -0.377 e. The molecule has 1 fully saturated rings. The van der Waals surface area contributed by atoms with Crippen LogP contribution in [-0.2, 0) is 4.79 Å². The van der Waals surface area contributed by atoms with Gasteiger partial charge in [-0.05, 0) is 18.9 Å². The van der Waals surface area contributed by atoms with Crippen LogP contribution in [0.15, 0.2) is 11.6 Å². The summed E-state index contributed by atoms with van der Waals surface area (Å²) >= 11 is 0. The molecule has 1 aliphatic carbocycles. The Labute approximate surface area is 110 Å². The van der Waals surface area contributed by atoms with E-state index >= 15 is 0 Å². The second-order valence-corrected chi connectivity index (χ2v) is 6.02. The first-order valence-electron chi connectivity index (χ1n) is 6.67. The fraction of sp³-hybridized carbons (Fsp3) is 0.688. The van der Waals surface area contributed by atoms with Crippen molar-refractivity contribution in [3.05, 3.63) is 11.6 Å². The monoisotopic (exact) mass is 248 g/mol. The smallest absolute Gasteiger partial charge is 0.134 e. The molecule has 0 heterocycles. The van der Waals surface area contributed by atoms with Crippen LogP contribution in [0.5, 0.6) is 0 Å². The van der Waals surface area contributed by atoms with E-state index in [4.69, 9.17) is 0 Å². The summed E-state index contributed by atoms with van der Waals surface area (Å²) in [6.45, 7) is 9.77. The van der Waals surface area contributed by atoms with Crippen molar-refractivity contribution in [2.75, 3.05) is 0 Å². The van der Waals surface area contributed by atoms with E-state index in [0.717, 1.165) is 12.0 Å². The van der Waals surface area contributed by atoms with Gasteiger partial charge < -0.3 is 5.11 Å². The summed E-state index contributed by atoms with van der Waals surface area (Å²) < 4.78 is 0. The van der Waals surface area contributed by atoms with Gasteiger partial charge in [0.05, 0.1) is 0 Å². The minimum atomic E-state index is -1.08. The maximum atomic E-state index is 11.6. The molecular weight excluding hydrogens is 224 g/mol. The molecule has 1 rings (SSSR count). The molecule has 2 nitrogen and oxygen atoms in total. The normalized spacial score (nSPS) is 31.8. The van der Waals surface area contributed by atoms with Gasteiger partial charge in [-0.25, -0.2) is 0 Å². The third-order valence-electron chi connectivity index (χ3n) is 3.88. The molecule has 1 N–H and O–H groups in total. The highest BCUT2D eigenvalue weighted by Gasteiger charge is 2.51. The quantitative estimate of drug-likeness (QED) is 0.724. The van der Waals surface area contributed by atoms with Gasteiger partial charge in [-0.1, -0.05) is 45.6 Å². The molecule has 0 saturated heterocycles. The van der Waals surface area contributed by atoms with Crippen molar-refractivity contribution in [2.24, 2.45) is 11.3 Å². The molecular formula is C16H24O2.